The number of carboxylic acids is 1. The average molecular weight is 256 g/mol. The van der Waals surface area contributed by atoms with Gasteiger partial charge in [0.2, 0.25) is 0 Å². The monoisotopic (exact) mass is 256 g/mol. The lowest BCUT2D eigenvalue weighted by Gasteiger charge is -2.19. The lowest BCUT2D eigenvalue weighted by Crippen LogP contribution is -2.12. The maximum absolute atomic E-state index is 10.8. The van der Waals surface area contributed by atoms with E-state index in [1.165, 1.54) is 12.8 Å². The van der Waals surface area contributed by atoms with Crippen molar-refractivity contribution in [2.24, 2.45) is 0 Å². The number of aryl methyl sites for hydroxylation is 1. The summed E-state index contributed by atoms with van der Waals surface area (Å²) in [6.07, 6.45) is 4.46. The van der Waals surface area contributed by atoms with E-state index in [0.29, 0.717) is 11.5 Å². The number of carboxylic acid groups (broad SMARTS) is 1. The van der Waals surface area contributed by atoms with Gasteiger partial charge in [-0.25, -0.2) is 9.78 Å². The molecule has 1 aromatic heterocycles. The number of aromatic nitrogens is 2. The number of nitrogens with zero attached hydrogens (tertiary/aromatic N) is 2. The van der Waals surface area contributed by atoms with Crippen molar-refractivity contribution in [1.82, 2.24) is 9.55 Å². The maximum atomic E-state index is 10.8. The van der Waals surface area contributed by atoms with Crippen molar-refractivity contribution >= 4 is 5.97 Å². The van der Waals surface area contributed by atoms with Crippen molar-refractivity contribution in [1.29, 1.82) is 0 Å². The summed E-state index contributed by atoms with van der Waals surface area (Å²) in [5.41, 5.74) is 2.21. The van der Waals surface area contributed by atoms with Crippen LogP contribution in [-0.2, 0) is 6.54 Å². The number of rotatable bonds is 2. The van der Waals surface area contributed by atoms with Crippen LogP contribution in [-0.4, -0.2) is 20.6 Å². The maximum Gasteiger partial charge on any atom is 0.335 e. The summed E-state index contributed by atoms with van der Waals surface area (Å²) in [6.45, 7) is 3.23. The third-order valence-corrected chi connectivity index (χ3v) is 3.71. The van der Waals surface area contributed by atoms with Gasteiger partial charge in [0.25, 0.3) is 0 Å². The lowest BCUT2D eigenvalue weighted by atomic mass is 10.0. The smallest absolute Gasteiger partial charge is 0.335 e. The van der Waals surface area contributed by atoms with Crippen LogP contribution in [0.3, 0.4) is 0 Å². The minimum absolute atomic E-state index is 0.307. The Labute approximate surface area is 111 Å². The molecule has 0 fully saturated rings. The Hall–Kier alpha value is -2.10. The molecule has 2 heterocycles. The molecule has 0 spiro atoms. The number of benzene rings is 1. The molecular formula is C15H16N2O2. The quantitative estimate of drug-likeness (QED) is 0.898. The number of aromatic carboxylic acids is 1. The number of carbonyl (C=O) groups is 1. The molecule has 0 bridgehead atoms. The predicted molar refractivity (Wildman–Crippen MR) is 72.3 cm³/mol. The first-order valence-corrected chi connectivity index (χ1v) is 6.56. The van der Waals surface area contributed by atoms with Crippen molar-refractivity contribution in [3.63, 3.8) is 0 Å². The van der Waals surface area contributed by atoms with Gasteiger partial charge in [-0.3, -0.25) is 0 Å². The van der Waals surface area contributed by atoms with Crippen molar-refractivity contribution in [3.8, 4) is 11.3 Å². The minimum atomic E-state index is -0.899. The fourth-order valence-electron chi connectivity index (χ4n) is 2.62. The van der Waals surface area contributed by atoms with Gasteiger partial charge in [-0.05, 0) is 25.0 Å². The predicted octanol–water partition coefficient (Wildman–Crippen LogP) is 3.15. The van der Waals surface area contributed by atoms with Gasteiger partial charge in [-0.15, -0.1) is 0 Å². The number of imidazole rings is 1. The lowest BCUT2D eigenvalue weighted by molar-refractivity contribution is 0.0697. The first kappa shape index (κ1) is 12.0. The third kappa shape index (κ3) is 2.14. The van der Waals surface area contributed by atoms with Gasteiger partial charge in [0.15, 0.2) is 0 Å². The van der Waals surface area contributed by atoms with Crippen molar-refractivity contribution in [3.05, 3.63) is 41.9 Å². The summed E-state index contributed by atoms with van der Waals surface area (Å²) >= 11 is 0. The van der Waals surface area contributed by atoms with Gasteiger partial charge >= 0.3 is 5.97 Å². The van der Waals surface area contributed by atoms with E-state index in [4.69, 9.17) is 10.1 Å². The first-order valence-electron chi connectivity index (χ1n) is 6.56. The molecule has 4 heteroatoms. The van der Waals surface area contributed by atoms with Crippen LogP contribution in [0.1, 0.15) is 41.9 Å². The molecule has 1 aliphatic rings. The summed E-state index contributed by atoms with van der Waals surface area (Å²) in [4.78, 5) is 15.5. The summed E-state index contributed by atoms with van der Waals surface area (Å²) < 4.78 is 2.22. The van der Waals surface area contributed by atoms with E-state index in [-0.39, 0.29) is 0 Å². The highest BCUT2D eigenvalue weighted by molar-refractivity contribution is 5.88. The molecule has 1 atom stereocenters. The molecule has 1 aromatic carbocycles. The Morgan fingerprint density at radius 2 is 2.11 bits per heavy atom. The first-order chi connectivity index (χ1) is 9.15. The Bertz CT molecular complexity index is 614. The van der Waals surface area contributed by atoms with Crippen LogP contribution in [0.5, 0.6) is 0 Å². The second-order valence-electron chi connectivity index (χ2n) is 5.10. The molecule has 1 N–H and O–H groups in total. The highest BCUT2D eigenvalue weighted by Gasteiger charge is 2.19. The number of hydrogen-bond donors (Lipinski definition) is 1. The number of fused-ring (bicyclic) bond motifs is 1. The Morgan fingerprint density at radius 1 is 1.37 bits per heavy atom. The van der Waals surface area contributed by atoms with E-state index < -0.39 is 5.97 Å². The molecule has 4 nitrogen and oxygen atoms in total. The molecule has 98 valence electrons. The Morgan fingerprint density at radius 3 is 2.74 bits per heavy atom. The molecule has 3 rings (SSSR count). The van der Waals surface area contributed by atoms with E-state index in [1.54, 1.807) is 12.1 Å². The zero-order valence-electron chi connectivity index (χ0n) is 10.8. The molecule has 0 radical (unpaired) electrons. The summed E-state index contributed by atoms with van der Waals surface area (Å²) in [6, 6.07) is 6.89. The molecule has 0 aliphatic carbocycles. The van der Waals surface area contributed by atoms with Crippen molar-refractivity contribution in [2.45, 2.75) is 32.2 Å². The second-order valence-corrected chi connectivity index (χ2v) is 5.10. The normalized spacial score (nSPS) is 18.1. The summed E-state index contributed by atoms with van der Waals surface area (Å²) in [5, 5.41) is 8.89. The second kappa shape index (κ2) is 4.53. The molecule has 0 amide bonds. The van der Waals surface area contributed by atoms with Crippen LogP contribution in [0.25, 0.3) is 11.3 Å². The highest BCUT2D eigenvalue weighted by atomic mass is 16.4. The van der Waals surface area contributed by atoms with Gasteiger partial charge in [0.1, 0.15) is 5.82 Å². The van der Waals surface area contributed by atoms with Crippen LogP contribution >= 0.6 is 0 Å². The molecule has 0 saturated carbocycles. The van der Waals surface area contributed by atoms with Crippen LogP contribution < -0.4 is 0 Å². The zero-order chi connectivity index (χ0) is 13.4. The van der Waals surface area contributed by atoms with E-state index >= 15 is 0 Å². The van der Waals surface area contributed by atoms with Gasteiger partial charge in [0.05, 0.1) is 11.3 Å². The van der Waals surface area contributed by atoms with Gasteiger partial charge in [-0.1, -0.05) is 19.1 Å². The third-order valence-electron chi connectivity index (χ3n) is 3.71. The molecule has 1 aliphatic heterocycles. The Kier molecular flexibility index (Phi) is 2.85. The van der Waals surface area contributed by atoms with E-state index in [9.17, 15) is 4.79 Å². The van der Waals surface area contributed by atoms with E-state index in [0.717, 1.165) is 23.6 Å². The summed E-state index contributed by atoms with van der Waals surface area (Å²) in [7, 11) is 0. The SMILES string of the molecule is CC1CCCn2cc(-c3ccc(C(=O)O)cc3)nc21. The van der Waals surface area contributed by atoms with Crippen molar-refractivity contribution < 1.29 is 9.90 Å². The van der Waals surface area contributed by atoms with Gasteiger partial charge in [0, 0.05) is 24.2 Å². The topological polar surface area (TPSA) is 55.1 Å². The van der Waals surface area contributed by atoms with Crippen LogP contribution in [0.4, 0.5) is 0 Å². The highest BCUT2D eigenvalue weighted by Crippen LogP contribution is 2.29. The standard InChI is InChI=1S/C15H16N2O2/c1-10-3-2-8-17-9-13(16-14(10)17)11-4-6-12(7-5-11)15(18)19/h4-7,9-10H,2-3,8H2,1H3,(H,18,19). The van der Waals surface area contributed by atoms with E-state index in [1.807, 2.05) is 12.1 Å². The van der Waals surface area contributed by atoms with Crippen molar-refractivity contribution in [2.75, 3.05) is 0 Å². The van der Waals surface area contributed by atoms with Crippen LogP contribution in [0.2, 0.25) is 0 Å². The fourth-order valence-corrected chi connectivity index (χ4v) is 2.62. The zero-order valence-corrected chi connectivity index (χ0v) is 10.8. The molecule has 2 aromatic rings. The van der Waals surface area contributed by atoms with Gasteiger partial charge in [-0.2, -0.15) is 0 Å². The van der Waals surface area contributed by atoms with Gasteiger partial charge < -0.3 is 9.67 Å². The minimum Gasteiger partial charge on any atom is -0.478 e. The molecule has 0 saturated heterocycles. The fraction of sp³-hybridized carbons (Fsp3) is 0.333. The average Bonchev–Trinajstić information content (AvgIpc) is 2.84. The van der Waals surface area contributed by atoms with E-state index in [2.05, 4.69) is 17.7 Å². The van der Waals surface area contributed by atoms with Crippen LogP contribution in [0.15, 0.2) is 30.5 Å². The molecule has 19 heavy (non-hydrogen) atoms. The van der Waals surface area contributed by atoms with Crippen LogP contribution in [0, 0.1) is 0 Å². The number of hydrogen-bond acceptors (Lipinski definition) is 2. The largest absolute Gasteiger partial charge is 0.478 e. The molecular weight excluding hydrogens is 240 g/mol. The summed E-state index contributed by atoms with van der Waals surface area (Å²) in [5.74, 6) is 0.744. The molecule has 1 unspecified atom stereocenters. The Balaban J connectivity index is 1.96.